The molecule has 1 fully saturated rings. The normalized spacial score (nSPS) is 17.9. The number of aromatic nitrogens is 4. The Balaban J connectivity index is 1.60. The van der Waals surface area contributed by atoms with Gasteiger partial charge in [-0.15, -0.1) is 0 Å². The number of piperidine rings is 1. The van der Waals surface area contributed by atoms with E-state index in [9.17, 15) is 4.79 Å². The van der Waals surface area contributed by atoms with Crippen LogP contribution in [0.25, 0.3) is 5.69 Å². The predicted octanol–water partition coefficient (Wildman–Crippen LogP) is 2.65. The van der Waals surface area contributed by atoms with Crippen molar-refractivity contribution in [3.8, 4) is 5.69 Å². The number of benzene rings is 1. The third-order valence-electron chi connectivity index (χ3n) is 5.17. The lowest BCUT2D eigenvalue weighted by Crippen LogP contribution is -2.35. The van der Waals surface area contributed by atoms with Crippen LogP contribution in [0, 0.1) is 6.92 Å². The monoisotopic (exact) mass is 363 g/mol. The summed E-state index contributed by atoms with van der Waals surface area (Å²) in [7, 11) is 1.72. The van der Waals surface area contributed by atoms with Crippen molar-refractivity contribution >= 4 is 0 Å². The third kappa shape index (κ3) is 3.71. The van der Waals surface area contributed by atoms with Crippen molar-refractivity contribution < 1.29 is 0 Å². The first-order valence-electron chi connectivity index (χ1n) is 9.48. The molecule has 4 rings (SSSR count). The lowest BCUT2D eigenvalue weighted by atomic mass is 9.96. The highest BCUT2D eigenvalue weighted by molar-refractivity contribution is 5.33. The van der Waals surface area contributed by atoms with Gasteiger partial charge < -0.3 is 0 Å². The zero-order valence-corrected chi connectivity index (χ0v) is 15.9. The van der Waals surface area contributed by atoms with Crippen molar-refractivity contribution in [2.75, 3.05) is 13.1 Å². The standard InChI is InChI=1S/C21H25N5O/c1-16-8-6-10-18(22-16)15-25-13-7-9-17(14-25)20-23-24(2)21(27)26(20)19-11-4-3-5-12-19/h3-6,8,10-12,17H,7,9,13-15H2,1-2H3/t17-/m0/s1. The van der Waals surface area contributed by atoms with Gasteiger partial charge in [-0.2, -0.15) is 5.10 Å². The van der Waals surface area contributed by atoms with Crippen molar-refractivity contribution in [3.05, 3.63) is 76.2 Å². The zero-order chi connectivity index (χ0) is 18.8. The molecule has 1 atom stereocenters. The molecule has 0 bridgehead atoms. The maximum Gasteiger partial charge on any atom is 0.350 e. The van der Waals surface area contributed by atoms with Gasteiger partial charge in [0, 0.05) is 31.7 Å². The van der Waals surface area contributed by atoms with E-state index in [0.29, 0.717) is 0 Å². The number of para-hydroxylation sites is 1. The van der Waals surface area contributed by atoms with Crippen LogP contribution in [-0.4, -0.2) is 37.3 Å². The van der Waals surface area contributed by atoms with E-state index < -0.39 is 0 Å². The Morgan fingerprint density at radius 3 is 2.70 bits per heavy atom. The van der Waals surface area contributed by atoms with E-state index in [2.05, 4.69) is 27.1 Å². The average Bonchev–Trinajstić information content (AvgIpc) is 2.98. The van der Waals surface area contributed by atoms with E-state index in [1.165, 1.54) is 4.68 Å². The van der Waals surface area contributed by atoms with Gasteiger partial charge in [-0.25, -0.2) is 14.0 Å². The number of hydrogen-bond donors (Lipinski definition) is 0. The molecular formula is C21H25N5O. The molecule has 6 heteroatoms. The summed E-state index contributed by atoms with van der Waals surface area (Å²) in [6.45, 7) is 4.79. The predicted molar refractivity (Wildman–Crippen MR) is 105 cm³/mol. The fourth-order valence-corrected chi connectivity index (χ4v) is 3.89. The maximum atomic E-state index is 12.7. The topological polar surface area (TPSA) is 56.0 Å². The Bertz CT molecular complexity index is 976. The molecule has 0 amide bonds. The van der Waals surface area contributed by atoms with Crippen LogP contribution < -0.4 is 5.69 Å². The van der Waals surface area contributed by atoms with E-state index >= 15 is 0 Å². The second-order valence-electron chi connectivity index (χ2n) is 7.28. The molecule has 3 heterocycles. The summed E-state index contributed by atoms with van der Waals surface area (Å²) in [6, 6.07) is 16.0. The van der Waals surface area contributed by atoms with Gasteiger partial charge >= 0.3 is 5.69 Å². The summed E-state index contributed by atoms with van der Waals surface area (Å²) in [5.41, 5.74) is 2.93. The molecule has 1 saturated heterocycles. The molecule has 0 radical (unpaired) electrons. The molecule has 3 aromatic rings. The highest BCUT2D eigenvalue weighted by atomic mass is 16.2. The molecular weight excluding hydrogens is 338 g/mol. The Labute approximate surface area is 159 Å². The maximum absolute atomic E-state index is 12.7. The Morgan fingerprint density at radius 2 is 1.93 bits per heavy atom. The number of aryl methyl sites for hydroxylation is 2. The van der Waals surface area contributed by atoms with Crippen LogP contribution in [0.2, 0.25) is 0 Å². The van der Waals surface area contributed by atoms with Gasteiger partial charge in [0.1, 0.15) is 5.82 Å². The molecule has 6 nitrogen and oxygen atoms in total. The van der Waals surface area contributed by atoms with Crippen LogP contribution in [-0.2, 0) is 13.6 Å². The van der Waals surface area contributed by atoms with E-state index in [1.54, 1.807) is 11.6 Å². The minimum absolute atomic E-state index is 0.0892. The summed E-state index contributed by atoms with van der Waals surface area (Å²) in [5.74, 6) is 1.09. The van der Waals surface area contributed by atoms with Crippen LogP contribution in [0.5, 0.6) is 0 Å². The molecule has 2 aromatic heterocycles. The molecule has 1 aliphatic rings. The third-order valence-corrected chi connectivity index (χ3v) is 5.17. The van der Waals surface area contributed by atoms with Crippen molar-refractivity contribution in [1.29, 1.82) is 0 Å². The Morgan fingerprint density at radius 1 is 1.11 bits per heavy atom. The second kappa shape index (κ2) is 7.48. The number of pyridine rings is 1. The molecule has 0 aliphatic carbocycles. The number of hydrogen-bond acceptors (Lipinski definition) is 4. The molecule has 140 valence electrons. The van der Waals surface area contributed by atoms with Gasteiger partial charge in [0.2, 0.25) is 0 Å². The zero-order valence-electron chi connectivity index (χ0n) is 15.9. The van der Waals surface area contributed by atoms with Gasteiger partial charge in [-0.3, -0.25) is 9.88 Å². The van der Waals surface area contributed by atoms with E-state index in [1.807, 2.05) is 43.3 Å². The summed E-state index contributed by atoms with van der Waals surface area (Å²) in [4.78, 5) is 19.7. The van der Waals surface area contributed by atoms with Gasteiger partial charge in [-0.05, 0) is 50.6 Å². The number of rotatable bonds is 4. The van der Waals surface area contributed by atoms with Crippen molar-refractivity contribution in [2.45, 2.75) is 32.2 Å². The molecule has 0 spiro atoms. The summed E-state index contributed by atoms with van der Waals surface area (Å²) < 4.78 is 3.21. The molecule has 0 saturated carbocycles. The van der Waals surface area contributed by atoms with Gasteiger partial charge in [0.25, 0.3) is 0 Å². The van der Waals surface area contributed by atoms with Gasteiger partial charge in [0.15, 0.2) is 0 Å². The minimum Gasteiger partial charge on any atom is -0.297 e. The second-order valence-corrected chi connectivity index (χ2v) is 7.28. The molecule has 1 aromatic carbocycles. The van der Waals surface area contributed by atoms with Crippen LogP contribution >= 0.6 is 0 Å². The first-order valence-corrected chi connectivity index (χ1v) is 9.48. The number of likely N-dealkylation sites (tertiary alicyclic amines) is 1. The summed E-state index contributed by atoms with van der Waals surface area (Å²) in [5, 5.41) is 4.59. The highest BCUT2D eigenvalue weighted by Crippen LogP contribution is 2.27. The average molecular weight is 363 g/mol. The van der Waals surface area contributed by atoms with Crippen molar-refractivity contribution in [2.24, 2.45) is 7.05 Å². The molecule has 27 heavy (non-hydrogen) atoms. The Hall–Kier alpha value is -2.73. The lowest BCUT2D eigenvalue weighted by molar-refractivity contribution is 0.193. The van der Waals surface area contributed by atoms with E-state index in [-0.39, 0.29) is 11.6 Å². The fourth-order valence-electron chi connectivity index (χ4n) is 3.89. The lowest BCUT2D eigenvalue weighted by Gasteiger charge is -2.32. The van der Waals surface area contributed by atoms with Crippen LogP contribution in [0.3, 0.4) is 0 Å². The fraction of sp³-hybridized carbons (Fsp3) is 0.381. The Kier molecular flexibility index (Phi) is 4.90. The first kappa shape index (κ1) is 17.7. The van der Waals surface area contributed by atoms with Gasteiger partial charge in [0.05, 0.1) is 11.4 Å². The van der Waals surface area contributed by atoms with Crippen LogP contribution in [0.1, 0.15) is 36.0 Å². The number of nitrogens with zero attached hydrogens (tertiary/aromatic N) is 5. The summed E-state index contributed by atoms with van der Waals surface area (Å²) in [6.07, 6.45) is 2.14. The smallest absolute Gasteiger partial charge is 0.297 e. The highest BCUT2D eigenvalue weighted by Gasteiger charge is 2.27. The largest absolute Gasteiger partial charge is 0.350 e. The van der Waals surface area contributed by atoms with Gasteiger partial charge in [-0.1, -0.05) is 24.3 Å². The summed E-state index contributed by atoms with van der Waals surface area (Å²) >= 11 is 0. The van der Waals surface area contributed by atoms with Crippen molar-refractivity contribution in [1.82, 2.24) is 24.2 Å². The molecule has 0 N–H and O–H groups in total. The van der Waals surface area contributed by atoms with Crippen LogP contribution in [0.4, 0.5) is 0 Å². The minimum atomic E-state index is -0.0892. The quantitative estimate of drug-likeness (QED) is 0.715. The SMILES string of the molecule is Cc1cccc(CN2CCC[C@H](c3nn(C)c(=O)n3-c3ccccc3)C2)n1. The first-order chi connectivity index (χ1) is 13.1. The molecule has 0 unspecified atom stereocenters. The van der Waals surface area contributed by atoms with Crippen molar-refractivity contribution in [3.63, 3.8) is 0 Å². The molecule has 1 aliphatic heterocycles. The van der Waals surface area contributed by atoms with E-state index in [4.69, 9.17) is 0 Å². The van der Waals surface area contributed by atoms with E-state index in [0.717, 1.165) is 55.4 Å². The van der Waals surface area contributed by atoms with Crippen LogP contribution in [0.15, 0.2) is 53.3 Å².